The smallest absolute Gasteiger partial charge is 0.261 e. The first kappa shape index (κ1) is 15.8. The van der Waals surface area contributed by atoms with Crippen LogP contribution >= 0.6 is 0 Å². The van der Waals surface area contributed by atoms with Crippen molar-refractivity contribution in [1.29, 1.82) is 0 Å². The van der Waals surface area contributed by atoms with E-state index in [9.17, 15) is 9.59 Å². The molecule has 1 atom stereocenters. The average Bonchev–Trinajstić information content (AvgIpc) is 3.25. The van der Waals surface area contributed by atoms with Crippen molar-refractivity contribution >= 4 is 5.91 Å². The molecule has 1 aromatic heterocycles. The third-order valence-corrected chi connectivity index (χ3v) is 5.46. The number of fused-ring (bicyclic) bond motifs is 1. The Morgan fingerprint density at radius 3 is 2.79 bits per heavy atom. The van der Waals surface area contributed by atoms with Crippen molar-refractivity contribution in [2.45, 2.75) is 38.2 Å². The minimum absolute atomic E-state index is 0.122. The van der Waals surface area contributed by atoms with Gasteiger partial charge in [-0.1, -0.05) is 0 Å². The zero-order chi connectivity index (χ0) is 16.5. The lowest BCUT2D eigenvalue weighted by molar-refractivity contribution is 0.0432. The molecule has 130 valence electrons. The fourth-order valence-electron chi connectivity index (χ4n) is 4.05. The second-order valence-electron chi connectivity index (χ2n) is 7.10. The maximum absolute atomic E-state index is 12.7. The number of ether oxygens (including phenoxy) is 1. The van der Waals surface area contributed by atoms with Crippen molar-refractivity contribution in [2.24, 2.45) is 0 Å². The van der Waals surface area contributed by atoms with E-state index in [2.05, 4.69) is 9.88 Å². The third kappa shape index (κ3) is 3.13. The molecule has 1 aliphatic carbocycles. The Morgan fingerprint density at radius 2 is 2.04 bits per heavy atom. The topological polar surface area (TPSA) is 65.6 Å². The van der Waals surface area contributed by atoms with Gasteiger partial charge in [0.05, 0.1) is 6.10 Å². The summed E-state index contributed by atoms with van der Waals surface area (Å²) in [6, 6.07) is 1.82. The SMILES string of the molecule is O=C(c1cc2c([nH]c1=O)CCC2)N1CCN(CC2CCCO2)CC1. The summed E-state index contributed by atoms with van der Waals surface area (Å²) in [4.78, 5) is 32.1. The number of amides is 1. The minimum atomic E-state index is -0.234. The van der Waals surface area contributed by atoms with E-state index in [4.69, 9.17) is 4.74 Å². The number of aromatic amines is 1. The highest BCUT2D eigenvalue weighted by atomic mass is 16.5. The molecule has 6 heteroatoms. The number of piperazine rings is 1. The summed E-state index contributed by atoms with van der Waals surface area (Å²) >= 11 is 0. The Morgan fingerprint density at radius 1 is 1.21 bits per heavy atom. The number of carbonyl (C=O) groups excluding carboxylic acids is 1. The van der Waals surface area contributed by atoms with Crippen molar-refractivity contribution in [3.05, 3.63) is 33.2 Å². The summed E-state index contributed by atoms with van der Waals surface area (Å²) in [6.07, 6.45) is 5.59. The predicted molar refractivity (Wildman–Crippen MR) is 90.4 cm³/mol. The van der Waals surface area contributed by atoms with Gasteiger partial charge in [-0.2, -0.15) is 0 Å². The van der Waals surface area contributed by atoms with E-state index < -0.39 is 0 Å². The molecule has 0 aromatic carbocycles. The van der Waals surface area contributed by atoms with Gasteiger partial charge in [-0.15, -0.1) is 0 Å². The standard InChI is InChI=1S/C18H25N3O3/c22-17-15(11-13-3-1-5-16(13)19-17)18(23)21-8-6-20(7-9-21)12-14-4-2-10-24-14/h11,14H,1-10,12H2,(H,19,22). The van der Waals surface area contributed by atoms with E-state index in [-0.39, 0.29) is 11.5 Å². The summed E-state index contributed by atoms with van der Waals surface area (Å²) in [7, 11) is 0. The van der Waals surface area contributed by atoms with Crippen LogP contribution in [0.25, 0.3) is 0 Å². The Balaban J connectivity index is 1.38. The van der Waals surface area contributed by atoms with Crippen LogP contribution in [-0.2, 0) is 17.6 Å². The van der Waals surface area contributed by atoms with Crippen LogP contribution in [0.4, 0.5) is 0 Å². The minimum Gasteiger partial charge on any atom is -0.377 e. The van der Waals surface area contributed by atoms with Gasteiger partial charge in [0.15, 0.2) is 0 Å². The lowest BCUT2D eigenvalue weighted by Gasteiger charge is -2.35. The lowest BCUT2D eigenvalue weighted by Crippen LogP contribution is -2.51. The number of hydrogen-bond acceptors (Lipinski definition) is 4. The van der Waals surface area contributed by atoms with Crippen molar-refractivity contribution in [3.63, 3.8) is 0 Å². The Kier molecular flexibility index (Phi) is 4.41. The van der Waals surface area contributed by atoms with Crippen LogP contribution in [0.1, 0.15) is 40.9 Å². The molecule has 2 fully saturated rings. The number of rotatable bonds is 3. The zero-order valence-corrected chi connectivity index (χ0v) is 14.1. The van der Waals surface area contributed by atoms with Gasteiger partial charge >= 0.3 is 0 Å². The van der Waals surface area contributed by atoms with E-state index >= 15 is 0 Å². The number of aryl methyl sites for hydroxylation is 2. The van der Waals surface area contributed by atoms with E-state index in [1.807, 2.05) is 11.0 Å². The summed E-state index contributed by atoms with van der Waals surface area (Å²) in [6.45, 7) is 4.92. The summed E-state index contributed by atoms with van der Waals surface area (Å²) in [5, 5.41) is 0. The molecule has 3 aliphatic rings. The molecule has 1 unspecified atom stereocenters. The van der Waals surface area contributed by atoms with Crippen LogP contribution in [-0.4, -0.2) is 66.1 Å². The molecule has 4 rings (SSSR count). The second kappa shape index (κ2) is 6.69. The van der Waals surface area contributed by atoms with Gasteiger partial charge in [-0.25, -0.2) is 0 Å². The van der Waals surface area contributed by atoms with Crippen LogP contribution in [0, 0.1) is 0 Å². The quantitative estimate of drug-likeness (QED) is 0.890. The summed E-state index contributed by atoms with van der Waals surface area (Å²) in [5.74, 6) is -0.122. The Hall–Kier alpha value is -1.66. The number of aromatic nitrogens is 1. The maximum Gasteiger partial charge on any atom is 0.261 e. The van der Waals surface area contributed by atoms with Crippen molar-refractivity contribution in [1.82, 2.24) is 14.8 Å². The van der Waals surface area contributed by atoms with Crippen LogP contribution in [0.5, 0.6) is 0 Å². The molecular formula is C18H25N3O3. The van der Waals surface area contributed by atoms with Gasteiger partial charge in [0, 0.05) is 45.0 Å². The molecule has 0 spiro atoms. The van der Waals surface area contributed by atoms with E-state index in [1.165, 1.54) is 0 Å². The molecule has 2 aliphatic heterocycles. The Bertz CT molecular complexity index is 671. The molecule has 0 radical (unpaired) electrons. The number of carbonyl (C=O) groups is 1. The monoisotopic (exact) mass is 331 g/mol. The van der Waals surface area contributed by atoms with Gasteiger partial charge in [0.2, 0.25) is 0 Å². The fraction of sp³-hybridized carbons (Fsp3) is 0.667. The molecule has 2 saturated heterocycles. The molecule has 24 heavy (non-hydrogen) atoms. The van der Waals surface area contributed by atoms with Crippen molar-refractivity contribution in [2.75, 3.05) is 39.3 Å². The molecule has 0 saturated carbocycles. The molecule has 0 bridgehead atoms. The lowest BCUT2D eigenvalue weighted by atomic mass is 10.1. The largest absolute Gasteiger partial charge is 0.377 e. The predicted octanol–water partition coefficient (Wildman–Crippen LogP) is 0.800. The van der Waals surface area contributed by atoms with Crippen LogP contribution in [0.2, 0.25) is 0 Å². The summed E-state index contributed by atoms with van der Waals surface area (Å²) < 4.78 is 5.69. The Labute approximate surface area is 141 Å². The van der Waals surface area contributed by atoms with Gasteiger partial charge < -0.3 is 14.6 Å². The molecule has 3 heterocycles. The normalized spacial score (nSPS) is 24.3. The van der Waals surface area contributed by atoms with E-state index in [1.54, 1.807) is 0 Å². The fourth-order valence-corrected chi connectivity index (χ4v) is 4.05. The van der Waals surface area contributed by atoms with E-state index in [0.29, 0.717) is 24.8 Å². The maximum atomic E-state index is 12.7. The number of nitrogens with one attached hydrogen (secondary N) is 1. The highest BCUT2D eigenvalue weighted by Gasteiger charge is 2.27. The second-order valence-corrected chi connectivity index (χ2v) is 7.10. The molecule has 1 N–H and O–H groups in total. The van der Waals surface area contributed by atoms with Crippen molar-refractivity contribution in [3.8, 4) is 0 Å². The van der Waals surface area contributed by atoms with Gasteiger partial charge in [-0.05, 0) is 43.7 Å². The molecule has 1 aromatic rings. The molecule has 6 nitrogen and oxygen atoms in total. The van der Waals surface area contributed by atoms with Gasteiger partial charge in [0.1, 0.15) is 5.56 Å². The number of nitrogens with zero attached hydrogens (tertiary/aromatic N) is 2. The zero-order valence-electron chi connectivity index (χ0n) is 14.1. The van der Waals surface area contributed by atoms with Gasteiger partial charge in [-0.3, -0.25) is 14.5 Å². The molecular weight excluding hydrogens is 306 g/mol. The number of pyridine rings is 1. The first-order valence-electron chi connectivity index (χ1n) is 9.09. The third-order valence-electron chi connectivity index (χ3n) is 5.46. The highest BCUT2D eigenvalue weighted by molar-refractivity contribution is 5.94. The van der Waals surface area contributed by atoms with Crippen LogP contribution in [0.3, 0.4) is 0 Å². The number of hydrogen-bond donors (Lipinski definition) is 1. The molecule has 1 amide bonds. The van der Waals surface area contributed by atoms with Crippen LogP contribution in [0.15, 0.2) is 10.9 Å². The van der Waals surface area contributed by atoms with E-state index in [0.717, 1.165) is 69.6 Å². The first-order chi connectivity index (χ1) is 11.7. The summed E-state index contributed by atoms with van der Waals surface area (Å²) in [5.41, 5.74) is 2.22. The van der Waals surface area contributed by atoms with Crippen molar-refractivity contribution < 1.29 is 9.53 Å². The van der Waals surface area contributed by atoms with Crippen LogP contribution < -0.4 is 5.56 Å². The highest BCUT2D eigenvalue weighted by Crippen LogP contribution is 2.20. The number of H-pyrrole nitrogens is 1. The van der Waals surface area contributed by atoms with Gasteiger partial charge in [0.25, 0.3) is 11.5 Å². The first-order valence-corrected chi connectivity index (χ1v) is 9.09. The average molecular weight is 331 g/mol.